The van der Waals surface area contributed by atoms with Gasteiger partial charge >= 0.3 is 0 Å². The fraction of sp³-hybridized carbons (Fsp3) is 0.200. The number of nitrogens with zero attached hydrogens (tertiary/aromatic N) is 2. The molecule has 5 nitrogen and oxygen atoms in total. The lowest BCUT2D eigenvalue weighted by Gasteiger charge is -2.25. The molecule has 0 radical (unpaired) electrons. The third-order valence-corrected chi connectivity index (χ3v) is 4.58. The molecule has 0 saturated heterocycles. The van der Waals surface area contributed by atoms with Crippen molar-refractivity contribution < 1.29 is 9.53 Å². The number of amides is 1. The number of methoxy groups -OCH3 is 1. The van der Waals surface area contributed by atoms with E-state index < -0.39 is 0 Å². The third-order valence-electron chi connectivity index (χ3n) is 4.58. The number of fused-ring (bicyclic) bond motifs is 1. The Morgan fingerprint density at radius 2 is 1.88 bits per heavy atom. The summed E-state index contributed by atoms with van der Waals surface area (Å²) in [6, 6.07) is 17.9. The average molecular weight is 333 g/mol. The largest absolute Gasteiger partial charge is 0.496 e. The van der Waals surface area contributed by atoms with Gasteiger partial charge in [0.25, 0.3) is 0 Å². The number of rotatable bonds is 4. The van der Waals surface area contributed by atoms with E-state index in [1.807, 2.05) is 53.3 Å². The van der Waals surface area contributed by atoms with Crippen LogP contribution < -0.4 is 10.1 Å². The van der Waals surface area contributed by atoms with E-state index in [-0.39, 0.29) is 11.8 Å². The Bertz CT molecular complexity index is 902. The lowest BCUT2D eigenvalue weighted by Crippen LogP contribution is -2.25. The van der Waals surface area contributed by atoms with Crippen LogP contribution >= 0.6 is 0 Å². The quantitative estimate of drug-likeness (QED) is 0.796. The minimum Gasteiger partial charge on any atom is -0.496 e. The number of para-hydroxylation sites is 1. The minimum absolute atomic E-state index is 0.00165. The second-order valence-corrected chi connectivity index (χ2v) is 6.14. The highest BCUT2D eigenvalue weighted by Crippen LogP contribution is 2.40. The summed E-state index contributed by atoms with van der Waals surface area (Å²) in [6.45, 7) is 0.620. The first-order valence-corrected chi connectivity index (χ1v) is 8.28. The molecule has 1 aromatic heterocycles. The normalized spacial score (nSPS) is 16.2. The summed E-state index contributed by atoms with van der Waals surface area (Å²) >= 11 is 0. The number of nitrogens with one attached hydrogen (secondary N) is 1. The average Bonchev–Trinajstić information content (AvgIpc) is 3.04. The maximum atomic E-state index is 12.3. The molecule has 25 heavy (non-hydrogen) atoms. The van der Waals surface area contributed by atoms with Crippen LogP contribution in [0.15, 0.2) is 60.8 Å². The minimum atomic E-state index is -0.0515. The topological polar surface area (TPSA) is 56.1 Å². The van der Waals surface area contributed by atoms with Crippen LogP contribution in [0.1, 0.15) is 29.0 Å². The molecule has 0 bridgehead atoms. The predicted octanol–water partition coefficient (Wildman–Crippen LogP) is 3.41. The molecule has 5 heteroatoms. The molecule has 3 aromatic rings. The van der Waals surface area contributed by atoms with E-state index in [2.05, 4.69) is 22.5 Å². The van der Waals surface area contributed by atoms with Gasteiger partial charge in [0, 0.05) is 23.5 Å². The summed E-state index contributed by atoms with van der Waals surface area (Å²) in [4.78, 5) is 12.3. The van der Waals surface area contributed by atoms with Crippen molar-refractivity contribution in [2.75, 3.05) is 12.4 Å². The van der Waals surface area contributed by atoms with Crippen LogP contribution in [0.5, 0.6) is 5.75 Å². The van der Waals surface area contributed by atoms with E-state index in [1.54, 1.807) is 7.11 Å². The van der Waals surface area contributed by atoms with E-state index in [0.29, 0.717) is 13.0 Å². The van der Waals surface area contributed by atoms with Crippen LogP contribution in [-0.2, 0) is 11.3 Å². The SMILES string of the molecule is COc1ccccc1C1CC(=O)Nc2c1cnn2Cc1ccccc1. The monoisotopic (exact) mass is 333 g/mol. The Balaban J connectivity index is 1.74. The van der Waals surface area contributed by atoms with Gasteiger partial charge in [-0.3, -0.25) is 4.79 Å². The van der Waals surface area contributed by atoms with Crippen molar-refractivity contribution in [3.05, 3.63) is 77.5 Å². The number of anilines is 1. The molecule has 0 saturated carbocycles. The second kappa shape index (κ2) is 6.43. The summed E-state index contributed by atoms with van der Waals surface area (Å²) in [7, 11) is 1.65. The van der Waals surface area contributed by atoms with Gasteiger partial charge in [-0.25, -0.2) is 4.68 Å². The molecule has 1 amide bonds. The first-order chi connectivity index (χ1) is 12.3. The van der Waals surface area contributed by atoms with Gasteiger partial charge < -0.3 is 10.1 Å². The molecule has 2 aromatic carbocycles. The van der Waals surface area contributed by atoms with Crippen molar-refractivity contribution in [3.63, 3.8) is 0 Å². The third kappa shape index (κ3) is 2.89. The number of carbonyl (C=O) groups excluding carboxylic acids is 1. The Kier molecular flexibility index (Phi) is 3.98. The second-order valence-electron chi connectivity index (χ2n) is 6.14. The summed E-state index contributed by atoms with van der Waals surface area (Å²) in [6.07, 6.45) is 2.25. The molecule has 0 aliphatic carbocycles. The van der Waals surface area contributed by atoms with Crippen LogP contribution in [0, 0.1) is 0 Å². The van der Waals surface area contributed by atoms with Gasteiger partial charge in [-0.05, 0) is 11.6 Å². The highest BCUT2D eigenvalue weighted by Gasteiger charge is 2.31. The van der Waals surface area contributed by atoms with Crippen LogP contribution in [0.3, 0.4) is 0 Å². The molecule has 4 rings (SSSR count). The zero-order chi connectivity index (χ0) is 17.2. The van der Waals surface area contributed by atoms with Gasteiger partial charge in [-0.1, -0.05) is 48.5 Å². The molecule has 126 valence electrons. The first kappa shape index (κ1) is 15.4. The van der Waals surface area contributed by atoms with E-state index in [9.17, 15) is 4.79 Å². The van der Waals surface area contributed by atoms with Crippen LogP contribution in [0.25, 0.3) is 0 Å². The maximum Gasteiger partial charge on any atom is 0.226 e. The highest BCUT2D eigenvalue weighted by molar-refractivity contribution is 5.94. The van der Waals surface area contributed by atoms with Gasteiger partial charge in [0.15, 0.2) is 0 Å². The number of carbonyl (C=O) groups is 1. The smallest absolute Gasteiger partial charge is 0.226 e. The molecule has 2 heterocycles. The Morgan fingerprint density at radius 1 is 1.12 bits per heavy atom. The van der Waals surface area contributed by atoms with E-state index in [1.165, 1.54) is 0 Å². The van der Waals surface area contributed by atoms with Gasteiger partial charge in [0.1, 0.15) is 11.6 Å². The van der Waals surface area contributed by atoms with E-state index >= 15 is 0 Å². The van der Waals surface area contributed by atoms with E-state index in [4.69, 9.17) is 4.74 Å². The molecular weight excluding hydrogens is 314 g/mol. The first-order valence-electron chi connectivity index (χ1n) is 8.28. The molecule has 0 fully saturated rings. The van der Waals surface area contributed by atoms with Crippen molar-refractivity contribution in [1.29, 1.82) is 0 Å². The van der Waals surface area contributed by atoms with Crippen molar-refractivity contribution in [2.24, 2.45) is 0 Å². The van der Waals surface area contributed by atoms with Crippen LogP contribution in [0.4, 0.5) is 5.82 Å². The molecular formula is C20H19N3O2. The standard InChI is InChI=1S/C20H19N3O2/c1-25-18-10-6-5-9-15(18)16-11-19(24)22-20-17(16)12-21-23(20)13-14-7-3-2-4-8-14/h2-10,12,16H,11,13H2,1H3,(H,22,24). The van der Waals surface area contributed by atoms with E-state index in [0.717, 1.165) is 28.3 Å². The van der Waals surface area contributed by atoms with Crippen LogP contribution in [-0.4, -0.2) is 22.8 Å². The lowest BCUT2D eigenvalue weighted by molar-refractivity contribution is -0.116. The predicted molar refractivity (Wildman–Crippen MR) is 95.9 cm³/mol. The molecule has 1 atom stereocenters. The highest BCUT2D eigenvalue weighted by atomic mass is 16.5. The lowest BCUT2D eigenvalue weighted by atomic mass is 9.87. The number of ether oxygens (including phenoxy) is 1. The number of benzene rings is 2. The van der Waals surface area contributed by atoms with Crippen LogP contribution in [0.2, 0.25) is 0 Å². The zero-order valence-electron chi connectivity index (χ0n) is 14.0. The molecule has 1 N–H and O–H groups in total. The van der Waals surface area contributed by atoms with Gasteiger partial charge in [0.2, 0.25) is 5.91 Å². The zero-order valence-corrected chi connectivity index (χ0v) is 14.0. The number of hydrogen-bond acceptors (Lipinski definition) is 3. The molecule has 1 aliphatic rings. The maximum absolute atomic E-state index is 12.3. The summed E-state index contributed by atoms with van der Waals surface area (Å²) in [5, 5.41) is 7.51. The van der Waals surface area contributed by atoms with Gasteiger partial charge in [-0.15, -0.1) is 0 Å². The molecule has 0 spiro atoms. The van der Waals surface area contributed by atoms with Gasteiger partial charge in [-0.2, -0.15) is 5.10 Å². The Labute approximate surface area is 146 Å². The van der Waals surface area contributed by atoms with Crippen molar-refractivity contribution in [3.8, 4) is 5.75 Å². The van der Waals surface area contributed by atoms with Crippen molar-refractivity contribution in [2.45, 2.75) is 18.9 Å². The Morgan fingerprint density at radius 3 is 2.68 bits per heavy atom. The summed E-state index contributed by atoms with van der Waals surface area (Å²) < 4.78 is 7.34. The number of aromatic nitrogens is 2. The Hall–Kier alpha value is -3.08. The summed E-state index contributed by atoms with van der Waals surface area (Å²) in [5.41, 5.74) is 3.18. The number of hydrogen-bond donors (Lipinski definition) is 1. The summed E-state index contributed by atoms with van der Waals surface area (Å²) in [5.74, 6) is 1.52. The van der Waals surface area contributed by atoms with Gasteiger partial charge in [0.05, 0.1) is 19.9 Å². The fourth-order valence-corrected chi connectivity index (χ4v) is 3.38. The van der Waals surface area contributed by atoms with Crippen molar-refractivity contribution in [1.82, 2.24) is 9.78 Å². The molecule has 1 unspecified atom stereocenters. The fourth-order valence-electron chi connectivity index (χ4n) is 3.38. The molecule has 1 aliphatic heterocycles. The van der Waals surface area contributed by atoms with Crippen molar-refractivity contribution >= 4 is 11.7 Å².